The van der Waals surface area contributed by atoms with Gasteiger partial charge in [0.2, 0.25) is 11.7 Å². The first-order valence-corrected chi connectivity index (χ1v) is 9.77. The summed E-state index contributed by atoms with van der Waals surface area (Å²) >= 11 is 4.91. The third-order valence-corrected chi connectivity index (χ3v) is 5.16. The quantitative estimate of drug-likeness (QED) is 0.409. The third-order valence-electron chi connectivity index (χ3n) is 3.74. The van der Waals surface area contributed by atoms with Crippen LogP contribution in [0.5, 0.6) is 5.75 Å². The number of rotatable bonds is 6. The molecular weight excluding hydrogens is 430 g/mol. The molecule has 9 heteroatoms. The van der Waals surface area contributed by atoms with Gasteiger partial charge in [-0.25, -0.2) is 0 Å². The van der Waals surface area contributed by atoms with E-state index < -0.39 is 0 Å². The van der Waals surface area contributed by atoms with Crippen LogP contribution in [0.25, 0.3) is 17.1 Å². The summed E-state index contributed by atoms with van der Waals surface area (Å²) in [6.07, 6.45) is 1.65. The summed E-state index contributed by atoms with van der Waals surface area (Å²) in [5.74, 6) is 2.30. The SMILES string of the molecule is COc1ccccc1-n1cnnc1SCc1nc(-c2cccc(Br)c2)no1. The number of para-hydroxylation sites is 2. The van der Waals surface area contributed by atoms with Gasteiger partial charge >= 0.3 is 0 Å². The highest BCUT2D eigenvalue weighted by Crippen LogP contribution is 2.28. The molecule has 0 saturated carbocycles. The van der Waals surface area contributed by atoms with Gasteiger partial charge in [-0.2, -0.15) is 4.98 Å². The van der Waals surface area contributed by atoms with Gasteiger partial charge in [0.05, 0.1) is 18.6 Å². The molecule has 136 valence electrons. The fraction of sp³-hybridized carbons (Fsp3) is 0.111. The minimum atomic E-state index is 0.481. The van der Waals surface area contributed by atoms with E-state index in [0.29, 0.717) is 22.6 Å². The van der Waals surface area contributed by atoms with Crippen LogP contribution < -0.4 is 4.74 Å². The Balaban J connectivity index is 1.52. The molecule has 0 aliphatic carbocycles. The molecule has 0 bridgehead atoms. The standard InChI is InChI=1S/C18H14BrN5O2S/c1-25-15-8-3-2-7-14(15)24-11-20-22-18(24)27-10-16-21-17(23-26-16)12-5-4-6-13(19)9-12/h2-9,11H,10H2,1H3. The van der Waals surface area contributed by atoms with Crippen LogP contribution in [0.4, 0.5) is 0 Å². The van der Waals surface area contributed by atoms with E-state index >= 15 is 0 Å². The number of benzene rings is 2. The Bertz CT molecular complexity index is 1070. The summed E-state index contributed by atoms with van der Waals surface area (Å²) in [5, 5.41) is 13.0. The zero-order valence-electron chi connectivity index (χ0n) is 14.2. The van der Waals surface area contributed by atoms with Crippen LogP contribution in [0, 0.1) is 0 Å². The molecular formula is C18H14BrN5O2S. The van der Waals surface area contributed by atoms with Crippen molar-refractivity contribution < 1.29 is 9.26 Å². The lowest BCUT2D eigenvalue weighted by Crippen LogP contribution is -1.98. The summed E-state index contributed by atoms with van der Waals surface area (Å²) in [4.78, 5) is 4.46. The van der Waals surface area contributed by atoms with Gasteiger partial charge in [-0.1, -0.05) is 57.1 Å². The molecule has 4 rings (SSSR count). The van der Waals surface area contributed by atoms with Crippen LogP contribution in [-0.2, 0) is 5.75 Å². The van der Waals surface area contributed by atoms with Crippen LogP contribution in [0.3, 0.4) is 0 Å². The van der Waals surface area contributed by atoms with Crippen molar-refractivity contribution in [2.24, 2.45) is 0 Å². The Labute approximate surface area is 167 Å². The second-order valence-electron chi connectivity index (χ2n) is 5.47. The Kier molecular flexibility index (Phi) is 5.21. The third kappa shape index (κ3) is 3.88. The smallest absolute Gasteiger partial charge is 0.237 e. The monoisotopic (exact) mass is 443 g/mol. The summed E-state index contributed by atoms with van der Waals surface area (Å²) in [7, 11) is 1.64. The molecule has 27 heavy (non-hydrogen) atoms. The Morgan fingerprint density at radius 2 is 2.07 bits per heavy atom. The number of ether oxygens (including phenoxy) is 1. The molecule has 0 saturated heterocycles. The predicted molar refractivity (Wildman–Crippen MR) is 105 cm³/mol. The number of aromatic nitrogens is 5. The lowest BCUT2D eigenvalue weighted by Gasteiger charge is -2.10. The van der Waals surface area contributed by atoms with Crippen molar-refractivity contribution >= 4 is 27.7 Å². The lowest BCUT2D eigenvalue weighted by atomic mass is 10.2. The van der Waals surface area contributed by atoms with E-state index in [4.69, 9.17) is 9.26 Å². The predicted octanol–water partition coefficient (Wildman–Crippen LogP) is 4.38. The first-order chi connectivity index (χ1) is 13.2. The zero-order chi connectivity index (χ0) is 18.6. The van der Waals surface area contributed by atoms with Crippen LogP contribution in [0.2, 0.25) is 0 Å². The topological polar surface area (TPSA) is 78.9 Å². The average molecular weight is 444 g/mol. The molecule has 0 unspecified atom stereocenters. The van der Waals surface area contributed by atoms with Crippen molar-refractivity contribution in [1.82, 2.24) is 24.9 Å². The highest BCUT2D eigenvalue weighted by molar-refractivity contribution is 9.10. The van der Waals surface area contributed by atoms with Crippen molar-refractivity contribution in [3.63, 3.8) is 0 Å². The van der Waals surface area contributed by atoms with Gasteiger partial charge in [0.25, 0.3) is 0 Å². The van der Waals surface area contributed by atoms with Crippen LogP contribution in [0.1, 0.15) is 5.89 Å². The maximum atomic E-state index is 5.42. The molecule has 7 nitrogen and oxygen atoms in total. The fourth-order valence-electron chi connectivity index (χ4n) is 2.50. The number of hydrogen-bond acceptors (Lipinski definition) is 7. The van der Waals surface area contributed by atoms with Crippen molar-refractivity contribution in [2.75, 3.05) is 7.11 Å². The first kappa shape index (κ1) is 17.7. The van der Waals surface area contributed by atoms with Gasteiger partial charge in [0, 0.05) is 10.0 Å². The van der Waals surface area contributed by atoms with Crippen molar-refractivity contribution in [3.05, 3.63) is 65.2 Å². The molecule has 2 aromatic heterocycles. The second-order valence-corrected chi connectivity index (χ2v) is 7.32. The van der Waals surface area contributed by atoms with E-state index in [0.717, 1.165) is 21.5 Å². The molecule has 0 spiro atoms. The maximum absolute atomic E-state index is 5.42. The molecule has 0 aliphatic rings. The van der Waals surface area contributed by atoms with Gasteiger partial charge in [-0.15, -0.1) is 10.2 Å². The summed E-state index contributed by atoms with van der Waals surface area (Å²) in [6.45, 7) is 0. The maximum Gasteiger partial charge on any atom is 0.237 e. The molecule has 0 atom stereocenters. The van der Waals surface area contributed by atoms with Crippen molar-refractivity contribution in [1.29, 1.82) is 0 Å². The van der Waals surface area contributed by atoms with Crippen LogP contribution >= 0.6 is 27.7 Å². The molecule has 4 aromatic rings. The Hall–Kier alpha value is -2.65. The van der Waals surface area contributed by atoms with Crippen molar-refractivity contribution in [2.45, 2.75) is 10.9 Å². The molecule has 0 N–H and O–H groups in total. The van der Waals surface area contributed by atoms with E-state index in [1.807, 2.05) is 53.1 Å². The van der Waals surface area contributed by atoms with Gasteiger partial charge in [0.15, 0.2) is 5.16 Å². The van der Waals surface area contributed by atoms with Gasteiger partial charge < -0.3 is 9.26 Å². The number of nitrogens with zero attached hydrogens (tertiary/aromatic N) is 5. The normalized spacial score (nSPS) is 10.9. The lowest BCUT2D eigenvalue weighted by molar-refractivity contribution is 0.391. The average Bonchev–Trinajstić information content (AvgIpc) is 3.35. The Morgan fingerprint density at radius 3 is 2.93 bits per heavy atom. The number of hydrogen-bond donors (Lipinski definition) is 0. The van der Waals surface area contributed by atoms with Gasteiger partial charge in [-0.3, -0.25) is 4.57 Å². The molecule has 0 amide bonds. The van der Waals surface area contributed by atoms with E-state index in [2.05, 4.69) is 36.3 Å². The van der Waals surface area contributed by atoms with E-state index in [1.165, 1.54) is 11.8 Å². The molecule has 2 aromatic carbocycles. The van der Waals surface area contributed by atoms with Crippen LogP contribution in [-0.4, -0.2) is 32.0 Å². The van der Waals surface area contributed by atoms with Gasteiger partial charge in [-0.05, 0) is 24.3 Å². The van der Waals surface area contributed by atoms with E-state index in [9.17, 15) is 0 Å². The Morgan fingerprint density at radius 1 is 1.19 bits per heavy atom. The number of thioether (sulfide) groups is 1. The highest BCUT2D eigenvalue weighted by Gasteiger charge is 2.14. The molecule has 0 aliphatic heterocycles. The van der Waals surface area contributed by atoms with Crippen molar-refractivity contribution in [3.8, 4) is 22.8 Å². The minimum absolute atomic E-state index is 0.481. The largest absolute Gasteiger partial charge is 0.495 e. The molecule has 2 heterocycles. The van der Waals surface area contributed by atoms with E-state index in [1.54, 1.807) is 13.4 Å². The van der Waals surface area contributed by atoms with Gasteiger partial charge in [0.1, 0.15) is 12.1 Å². The number of halogens is 1. The summed E-state index contributed by atoms with van der Waals surface area (Å²) in [5.41, 5.74) is 1.76. The highest BCUT2D eigenvalue weighted by atomic mass is 79.9. The fourth-order valence-corrected chi connectivity index (χ4v) is 3.66. The van der Waals surface area contributed by atoms with E-state index in [-0.39, 0.29) is 0 Å². The van der Waals surface area contributed by atoms with Crippen LogP contribution in [0.15, 0.2) is 69.0 Å². The summed E-state index contributed by atoms with van der Waals surface area (Å²) in [6, 6.07) is 15.5. The number of methoxy groups -OCH3 is 1. The molecule has 0 radical (unpaired) electrons. The first-order valence-electron chi connectivity index (χ1n) is 7.99. The molecule has 0 fully saturated rings. The minimum Gasteiger partial charge on any atom is -0.495 e. The zero-order valence-corrected chi connectivity index (χ0v) is 16.6. The summed E-state index contributed by atoms with van der Waals surface area (Å²) < 4.78 is 13.6. The second kappa shape index (κ2) is 7.93.